The highest BCUT2D eigenvalue weighted by atomic mass is 16.5. The number of rotatable bonds is 7. The van der Waals surface area contributed by atoms with E-state index in [4.69, 9.17) is 4.74 Å². The summed E-state index contributed by atoms with van der Waals surface area (Å²) >= 11 is 0. The highest BCUT2D eigenvalue weighted by Crippen LogP contribution is 2.32. The minimum absolute atomic E-state index is 0.533. The van der Waals surface area contributed by atoms with Gasteiger partial charge >= 0.3 is 0 Å². The Kier molecular flexibility index (Phi) is 4.57. The van der Waals surface area contributed by atoms with Gasteiger partial charge in [0, 0.05) is 12.6 Å². The summed E-state index contributed by atoms with van der Waals surface area (Å²) in [6.07, 6.45) is 3.41. The Morgan fingerprint density at radius 3 is 2.67 bits per heavy atom. The second-order valence-corrected chi connectivity index (χ2v) is 6.19. The van der Waals surface area contributed by atoms with Crippen molar-refractivity contribution in [1.82, 2.24) is 5.32 Å². The monoisotopic (exact) mass is 283 g/mol. The fraction of sp³-hybridized carbons (Fsp3) is 0.474. The van der Waals surface area contributed by atoms with Gasteiger partial charge in [-0.2, -0.15) is 0 Å². The van der Waals surface area contributed by atoms with Crippen molar-refractivity contribution in [1.29, 1.82) is 0 Å². The molecule has 0 saturated heterocycles. The van der Waals surface area contributed by atoms with Crippen LogP contribution in [0, 0.1) is 0 Å². The first-order chi connectivity index (χ1) is 10.3. The molecule has 0 heterocycles. The van der Waals surface area contributed by atoms with Gasteiger partial charge in [0.2, 0.25) is 0 Å². The van der Waals surface area contributed by atoms with Crippen LogP contribution in [0.5, 0.6) is 0 Å². The topological polar surface area (TPSA) is 21.3 Å². The fourth-order valence-electron chi connectivity index (χ4n) is 3.23. The van der Waals surface area contributed by atoms with E-state index in [-0.39, 0.29) is 0 Å². The van der Waals surface area contributed by atoms with Crippen molar-refractivity contribution in [3.8, 4) is 0 Å². The third kappa shape index (κ3) is 3.28. The van der Waals surface area contributed by atoms with E-state index in [0.29, 0.717) is 6.04 Å². The molecule has 0 atom stereocenters. The van der Waals surface area contributed by atoms with E-state index < -0.39 is 0 Å². The zero-order valence-electron chi connectivity index (χ0n) is 13.1. The first-order valence-corrected chi connectivity index (χ1v) is 8.09. The lowest BCUT2D eigenvalue weighted by Gasteiger charge is -2.11. The van der Waals surface area contributed by atoms with E-state index in [9.17, 15) is 0 Å². The maximum Gasteiger partial charge on any atom is 0.0591 e. The molecule has 1 aliphatic rings. The van der Waals surface area contributed by atoms with Crippen LogP contribution in [0.1, 0.15) is 30.5 Å². The number of ether oxygens (including phenoxy) is 1. The van der Waals surface area contributed by atoms with Crippen molar-refractivity contribution in [3.05, 3.63) is 47.0 Å². The molecule has 0 saturated carbocycles. The molecule has 1 aliphatic carbocycles. The van der Waals surface area contributed by atoms with Crippen LogP contribution in [0.4, 0.5) is 0 Å². The zero-order valence-corrected chi connectivity index (χ0v) is 13.1. The van der Waals surface area contributed by atoms with Crippen LogP contribution in [0.25, 0.3) is 10.8 Å². The average molecular weight is 283 g/mol. The van der Waals surface area contributed by atoms with E-state index in [1.165, 1.54) is 40.3 Å². The van der Waals surface area contributed by atoms with Gasteiger partial charge in [-0.1, -0.05) is 44.2 Å². The second-order valence-electron chi connectivity index (χ2n) is 6.19. The van der Waals surface area contributed by atoms with Crippen LogP contribution in [-0.2, 0) is 24.0 Å². The smallest absolute Gasteiger partial charge is 0.0591 e. The highest BCUT2D eigenvalue weighted by Gasteiger charge is 2.15. The van der Waals surface area contributed by atoms with Gasteiger partial charge in [0.05, 0.1) is 13.2 Å². The molecule has 0 aliphatic heterocycles. The molecule has 2 aromatic rings. The normalized spacial score (nSPS) is 13.5. The molecule has 21 heavy (non-hydrogen) atoms. The quantitative estimate of drug-likeness (QED) is 0.785. The Bertz CT molecular complexity index is 608. The third-order valence-electron chi connectivity index (χ3n) is 4.28. The molecule has 0 amide bonds. The van der Waals surface area contributed by atoms with Crippen LogP contribution in [0.15, 0.2) is 30.3 Å². The molecule has 0 spiro atoms. The number of hydrogen-bond acceptors (Lipinski definition) is 2. The van der Waals surface area contributed by atoms with Gasteiger partial charge < -0.3 is 10.1 Å². The first kappa shape index (κ1) is 14.6. The maximum absolute atomic E-state index is 5.75. The molecule has 1 N–H and O–H groups in total. The third-order valence-corrected chi connectivity index (χ3v) is 4.28. The van der Waals surface area contributed by atoms with Gasteiger partial charge in [-0.25, -0.2) is 0 Å². The maximum atomic E-state index is 5.75. The van der Waals surface area contributed by atoms with Crippen molar-refractivity contribution >= 4 is 10.8 Å². The molecule has 0 aromatic heterocycles. The summed E-state index contributed by atoms with van der Waals surface area (Å²) in [5.41, 5.74) is 4.46. The number of hydrogen-bond donors (Lipinski definition) is 1. The standard InChI is InChI=1S/C19H25NO/c1-14(2)20-11-13-21-12-10-15-6-7-17-9-8-16-4-3-5-18(15)19(16)17/h3-7,14,20H,8-13H2,1-2H3. The number of nitrogens with one attached hydrogen (secondary N) is 1. The molecular weight excluding hydrogens is 258 g/mol. The first-order valence-electron chi connectivity index (χ1n) is 8.09. The van der Waals surface area contributed by atoms with Crippen LogP contribution >= 0.6 is 0 Å². The summed E-state index contributed by atoms with van der Waals surface area (Å²) in [4.78, 5) is 0. The lowest BCUT2D eigenvalue weighted by molar-refractivity contribution is 0.137. The Morgan fingerprint density at radius 2 is 1.86 bits per heavy atom. The second kappa shape index (κ2) is 6.59. The van der Waals surface area contributed by atoms with E-state index in [1.807, 2.05) is 0 Å². The van der Waals surface area contributed by atoms with Gasteiger partial charge in [-0.3, -0.25) is 0 Å². The average Bonchev–Trinajstić information content (AvgIpc) is 2.90. The van der Waals surface area contributed by atoms with Gasteiger partial charge in [0.15, 0.2) is 0 Å². The molecule has 112 valence electrons. The van der Waals surface area contributed by atoms with Crippen LogP contribution in [-0.4, -0.2) is 25.8 Å². The van der Waals surface area contributed by atoms with E-state index in [2.05, 4.69) is 49.5 Å². The Hall–Kier alpha value is -1.38. The molecule has 3 rings (SSSR count). The van der Waals surface area contributed by atoms with Crippen LogP contribution < -0.4 is 5.32 Å². The van der Waals surface area contributed by atoms with Crippen molar-refractivity contribution in [3.63, 3.8) is 0 Å². The Morgan fingerprint density at radius 1 is 1.05 bits per heavy atom. The predicted octanol–water partition coefficient (Wildman–Crippen LogP) is 3.50. The number of benzene rings is 2. The van der Waals surface area contributed by atoms with Gasteiger partial charge in [-0.05, 0) is 46.7 Å². The Labute approximate surface area is 127 Å². The lowest BCUT2D eigenvalue weighted by Crippen LogP contribution is -2.26. The molecular formula is C19H25NO. The fourth-order valence-corrected chi connectivity index (χ4v) is 3.23. The Balaban J connectivity index is 1.61. The van der Waals surface area contributed by atoms with Crippen molar-refractivity contribution in [2.24, 2.45) is 0 Å². The molecule has 0 unspecified atom stereocenters. The largest absolute Gasteiger partial charge is 0.380 e. The van der Waals surface area contributed by atoms with E-state index in [1.54, 1.807) is 0 Å². The van der Waals surface area contributed by atoms with Gasteiger partial charge in [0.25, 0.3) is 0 Å². The summed E-state index contributed by atoms with van der Waals surface area (Å²) in [5, 5.41) is 6.32. The van der Waals surface area contributed by atoms with Crippen molar-refractivity contribution in [2.45, 2.75) is 39.2 Å². The summed E-state index contributed by atoms with van der Waals surface area (Å²) in [6.45, 7) is 6.85. The number of aryl methyl sites for hydroxylation is 2. The van der Waals surface area contributed by atoms with E-state index >= 15 is 0 Å². The SMILES string of the molecule is CC(C)NCCOCCc1ccc2c3c(cccc13)CC2. The molecule has 2 nitrogen and oxygen atoms in total. The van der Waals surface area contributed by atoms with Crippen LogP contribution in [0.3, 0.4) is 0 Å². The minimum atomic E-state index is 0.533. The van der Waals surface area contributed by atoms with Crippen molar-refractivity contribution < 1.29 is 4.74 Å². The van der Waals surface area contributed by atoms with Crippen LogP contribution in [0.2, 0.25) is 0 Å². The van der Waals surface area contributed by atoms with Gasteiger partial charge in [-0.15, -0.1) is 0 Å². The highest BCUT2D eigenvalue weighted by molar-refractivity contribution is 5.93. The molecule has 2 heteroatoms. The minimum Gasteiger partial charge on any atom is -0.380 e. The predicted molar refractivity (Wildman–Crippen MR) is 89.0 cm³/mol. The molecule has 0 radical (unpaired) electrons. The summed E-state index contributed by atoms with van der Waals surface area (Å²) in [6, 6.07) is 11.9. The van der Waals surface area contributed by atoms with Crippen molar-refractivity contribution in [2.75, 3.05) is 19.8 Å². The lowest BCUT2D eigenvalue weighted by atomic mass is 9.98. The molecule has 0 bridgehead atoms. The summed E-state index contributed by atoms with van der Waals surface area (Å²) in [5.74, 6) is 0. The summed E-state index contributed by atoms with van der Waals surface area (Å²) < 4.78 is 5.75. The molecule has 2 aromatic carbocycles. The van der Waals surface area contributed by atoms with E-state index in [0.717, 1.165) is 26.2 Å². The zero-order chi connectivity index (χ0) is 14.7. The van der Waals surface area contributed by atoms with Gasteiger partial charge in [0.1, 0.15) is 0 Å². The summed E-state index contributed by atoms with van der Waals surface area (Å²) in [7, 11) is 0. The molecule has 0 fully saturated rings.